The summed E-state index contributed by atoms with van der Waals surface area (Å²) in [6.07, 6.45) is 0. The van der Waals surface area contributed by atoms with Crippen LogP contribution in [-0.4, -0.2) is 15.5 Å². The van der Waals surface area contributed by atoms with E-state index in [-0.39, 0.29) is 11.4 Å². The number of benzene rings is 2. The second kappa shape index (κ2) is 5.94. The fraction of sp³-hybridized carbons (Fsp3) is 0.133. The van der Waals surface area contributed by atoms with Crippen molar-refractivity contribution in [2.75, 3.05) is 11.4 Å². The second-order valence-corrected chi connectivity index (χ2v) is 6.51. The summed E-state index contributed by atoms with van der Waals surface area (Å²) < 4.78 is 38.8. The topological polar surface area (TPSA) is 61.2 Å². The van der Waals surface area contributed by atoms with Gasteiger partial charge < -0.3 is 0 Å². The lowest BCUT2D eigenvalue weighted by molar-refractivity contribution is 0.593. The molecule has 0 spiro atoms. The van der Waals surface area contributed by atoms with Gasteiger partial charge in [-0.3, -0.25) is 4.31 Å². The Bertz CT molecular complexity index is 780. The molecule has 0 atom stereocenters. The molecule has 0 aliphatic heterocycles. The first-order chi connectivity index (χ1) is 9.92. The van der Waals surface area contributed by atoms with Gasteiger partial charge in [-0.2, -0.15) is 5.26 Å². The van der Waals surface area contributed by atoms with Gasteiger partial charge in [0, 0.05) is 7.05 Å². The monoisotopic (exact) mass is 304 g/mol. The molecule has 0 aromatic heterocycles. The summed E-state index contributed by atoms with van der Waals surface area (Å²) in [7, 11) is -2.24. The number of halogens is 1. The minimum Gasteiger partial charge on any atom is -0.273 e. The summed E-state index contributed by atoms with van der Waals surface area (Å²) in [4.78, 5) is 0. The highest BCUT2D eigenvalue weighted by Gasteiger charge is 2.19. The number of rotatable bonds is 4. The number of hydrogen-bond acceptors (Lipinski definition) is 3. The molecule has 0 fully saturated rings. The van der Waals surface area contributed by atoms with E-state index >= 15 is 0 Å². The van der Waals surface area contributed by atoms with Gasteiger partial charge in [-0.15, -0.1) is 0 Å². The van der Waals surface area contributed by atoms with Gasteiger partial charge in [0.05, 0.1) is 23.1 Å². The van der Waals surface area contributed by atoms with Crippen molar-refractivity contribution in [1.29, 1.82) is 5.26 Å². The van der Waals surface area contributed by atoms with Crippen LogP contribution in [0.5, 0.6) is 0 Å². The Hall–Kier alpha value is -2.39. The van der Waals surface area contributed by atoms with Crippen LogP contribution in [-0.2, 0) is 15.8 Å². The third kappa shape index (κ3) is 3.58. The number of sulfonamides is 1. The molecule has 21 heavy (non-hydrogen) atoms. The third-order valence-electron chi connectivity index (χ3n) is 3.02. The van der Waals surface area contributed by atoms with Crippen LogP contribution in [0.2, 0.25) is 0 Å². The molecule has 2 aromatic carbocycles. The summed E-state index contributed by atoms with van der Waals surface area (Å²) in [5.74, 6) is -0.709. The quantitative estimate of drug-likeness (QED) is 0.872. The average molecular weight is 304 g/mol. The predicted octanol–water partition coefficient (Wildman–Crippen LogP) is 2.66. The maximum absolute atomic E-state index is 13.2. The van der Waals surface area contributed by atoms with Crippen molar-refractivity contribution in [3.63, 3.8) is 0 Å². The molecule has 0 unspecified atom stereocenters. The lowest BCUT2D eigenvalue weighted by atomic mass is 10.2. The molecule has 2 aromatic rings. The largest absolute Gasteiger partial charge is 0.273 e. The van der Waals surface area contributed by atoms with Crippen LogP contribution < -0.4 is 4.31 Å². The van der Waals surface area contributed by atoms with Crippen molar-refractivity contribution < 1.29 is 12.8 Å². The first kappa shape index (κ1) is 15.0. The molecule has 0 heterocycles. The van der Waals surface area contributed by atoms with E-state index in [2.05, 4.69) is 0 Å². The summed E-state index contributed by atoms with van der Waals surface area (Å²) in [5.41, 5.74) is 1.30. The van der Waals surface area contributed by atoms with Crippen molar-refractivity contribution in [2.45, 2.75) is 5.75 Å². The van der Waals surface area contributed by atoms with E-state index < -0.39 is 15.8 Å². The predicted molar refractivity (Wildman–Crippen MR) is 78.6 cm³/mol. The molecule has 0 amide bonds. The zero-order valence-electron chi connectivity index (χ0n) is 11.3. The zero-order valence-corrected chi connectivity index (χ0v) is 12.1. The minimum absolute atomic E-state index is 0.217. The Labute approximate surface area is 123 Å². The molecule has 2 rings (SSSR count). The van der Waals surface area contributed by atoms with E-state index in [1.54, 1.807) is 24.3 Å². The Morgan fingerprint density at radius 2 is 1.86 bits per heavy atom. The molecule has 4 nitrogen and oxygen atoms in total. The maximum Gasteiger partial charge on any atom is 0.239 e. The molecule has 0 bridgehead atoms. The first-order valence-electron chi connectivity index (χ1n) is 6.13. The molecule has 0 radical (unpaired) electrons. The fourth-order valence-corrected chi connectivity index (χ4v) is 3.06. The third-order valence-corrected chi connectivity index (χ3v) is 4.76. The smallest absolute Gasteiger partial charge is 0.239 e. The Morgan fingerprint density at radius 1 is 1.19 bits per heavy atom. The highest BCUT2D eigenvalue weighted by molar-refractivity contribution is 7.92. The van der Waals surface area contributed by atoms with Crippen molar-refractivity contribution in [2.24, 2.45) is 0 Å². The number of nitrogens with zero attached hydrogens (tertiary/aromatic N) is 2. The molecule has 0 aliphatic carbocycles. The SMILES string of the molecule is CN(c1cccc(F)c1)S(=O)(=O)Cc1ccc(C#N)cc1. The lowest BCUT2D eigenvalue weighted by Gasteiger charge is -2.19. The van der Waals surface area contributed by atoms with Crippen LogP contribution in [0.1, 0.15) is 11.1 Å². The van der Waals surface area contributed by atoms with E-state index in [1.165, 1.54) is 25.2 Å². The molecular formula is C15H13FN2O2S. The maximum atomic E-state index is 13.2. The van der Waals surface area contributed by atoms with Gasteiger partial charge in [0.15, 0.2) is 0 Å². The molecule has 0 N–H and O–H groups in total. The molecular weight excluding hydrogens is 291 g/mol. The van der Waals surface area contributed by atoms with Crippen LogP contribution in [0.25, 0.3) is 0 Å². The Morgan fingerprint density at radius 3 is 2.43 bits per heavy atom. The standard InChI is InChI=1S/C15H13FN2O2S/c1-18(15-4-2-3-14(16)9-15)21(19,20)11-13-7-5-12(10-17)6-8-13/h2-9H,11H2,1H3. The van der Waals surface area contributed by atoms with Crippen LogP contribution in [0.15, 0.2) is 48.5 Å². The lowest BCUT2D eigenvalue weighted by Crippen LogP contribution is -2.27. The van der Waals surface area contributed by atoms with Crippen LogP contribution in [0.4, 0.5) is 10.1 Å². The van der Waals surface area contributed by atoms with E-state index in [4.69, 9.17) is 5.26 Å². The molecule has 0 saturated heterocycles. The summed E-state index contributed by atoms with van der Waals surface area (Å²) in [5, 5.41) is 8.71. The van der Waals surface area contributed by atoms with E-state index in [0.29, 0.717) is 11.1 Å². The van der Waals surface area contributed by atoms with Crippen molar-refractivity contribution in [1.82, 2.24) is 0 Å². The highest BCUT2D eigenvalue weighted by Crippen LogP contribution is 2.20. The first-order valence-corrected chi connectivity index (χ1v) is 7.74. The van der Waals surface area contributed by atoms with Gasteiger partial charge in [0.2, 0.25) is 10.0 Å². The number of hydrogen-bond donors (Lipinski definition) is 0. The van der Waals surface area contributed by atoms with E-state index in [9.17, 15) is 12.8 Å². The molecule has 0 aliphatic rings. The highest BCUT2D eigenvalue weighted by atomic mass is 32.2. The van der Waals surface area contributed by atoms with Crippen molar-refractivity contribution in [3.05, 3.63) is 65.5 Å². The van der Waals surface area contributed by atoms with Gasteiger partial charge in [-0.1, -0.05) is 18.2 Å². The minimum atomic E-state index is -3.62. The average Bonchev–Trinajstić information content (AvgIpc) is 2.47. The normalized spacial score (nSPS) is 10.9. The van der Waals surface area contributed by atoms with Crippen molar-refractivity contribution in [3.8, 4) is 6.07 Å². The van der Waals surface area contributed by atoms with Gasteiger partial charge in [0.1, 0.15) is 5.82 Å². The van der Waals surface area contributed by atoms with Crippen LogP contribution in [0.3, 0.4) is 0 Å². The van der Waals surface area contributed by atoms with Gasteiger partial charge in [-0.25, -0.2) is 12.8 Å². The van der Waals surface area contributed by atoms with Crippen LogP contribution in [0, 0.1) is 17.1 Å². The molecule has 108 valence electrons. The Kier molecular flexibility index (Phi) is 4.24. The summed E-state index contributed by atoms with van der Waals surface area (Å²) in [6.45, 7) is 0. The molecule has 0 saturated carbocycles. The fourth-order valence-electron chi connectivity index (χ4n) is 1.82. The summed E-state index contributed by atoms with van der Waals surface area (Å²) >= 11 is 0. The van der Waals surface area contributed by atoms with E-state index in [0.717, 1.165) is 10.4 Å². The second-order valence-electron chi connectivity index (χ2n) is 4.51. The van der Waals surface area contributed by atoms with Gasteiger partial charge in [0.25, 0.3) is 0 Å². The van der Waals surface area contributed by atoms with Gasteiger partial charge in [-0.05, 0) is 35.9 Å². The zero-order chi connectivity index (χ0) is 15.5. The number of anilines is 1. The van der Waals surface area contributed by atoms with Crippen molar-refractivity contribution >= 4 is 15.7 Å². The number of nitriles is 1. The molecule has 6 heteroatoms. The Balaban J connectivity index is 2.23. The van der Waals surface area contributed by atoms with Crippen LogP contribution >= 0.6 is 0 Å². The van der Waals surface area contributed by atoms with E-state index in [1.807, 2.05) is 6.07 Å². The summed E-state index contributed by atoms with van der Waals surface area (Å²) in [6, 6.07) is 13.7. The van der Waals surface area contributed by atoms with Gasteiger partial charge >= 0.3 is 0 Å².